The lowest BCUT2D eigenvalue weighted by Crippen LogP contribution is -2.37. The molecule has 3 heterocycles. The summed E-state index contributed by atoms with van der Waals surface area (Å²) in [5.41, 5.74) is 0. The maximum Gasteiger partial charge on any atom is 0.145 e. The zero-order valence-electron chi connectivity index (χ0n) is 11.7. The van der Waals surface area contributed by atoms with Crippen molar-refractivity contribution in [1.29, 1.82) is 0 Å². The quantitative estimate of drug-likeness (QED) is 0.869. The molecule has 1 fully saturated rings. The number of ether oxygens (including phenoxy) is 1. The Balaban J connectivity index is 1.62. The Labute approximate surface area is 126 Å². The van der Waals surface area contributed by atoms with E-state index >= 15 is 0 Å². The smallest absolute Gasteiger partial charge is 0.145 e. The second-order valence-electron chi connectivity index (χ2n) is 5.17. The van der Waals surface area contributed by atoms with E-state index in [4.69, 9.17) is 4.74 Å². The first-order chi connectivity index (χ1) is 9.72. The summed E-state index contributed by atoms with van der Waals surface area (Å²) in [5.74, 6) is 1.35. The van der Waals surface area contributed by atoms with Crippen LogP contribution in [0.3, 0.4) is 0 Å². The van der Waals surface area contributed by atoms with E-state index in [0.29, 0.717) is 5.92 Å². The van der Waals surface area contributed by atoms with Crippen LogP contribution in [0.2, 0.25) is 0 Å². The Bertz CT molecular complexity index is 540. The molecule has 1 aliphatic heterocycles. The predicted octanol–water partition coefficient (Wildman–Crippen LogP) is 2.69. The van der Waals surface area contributed by atoms with Crippen LogP contribution in [0.5, 0.6) is 0 Å². The molecular formula is C13H18N4OS2. The van der Waals surface area contributed by atoms with Crippen molar-refractivity contribution in [2.75, 3.05) is 19.7 Å². The zero-order chi connectivity index (χ0) is 13.9. The zero-order valence-corrected chi connectivity index (χ0v) is 13.3. The summed E-state index contributed by atoms with van der Waals surface area (Å²) in [6.07, 6.45) is 1.93. The molecule has 0 aliphatic carbocycles. The van der Waals surface area contributed by atoms with Crippen LogP contribution >= 0.6 is 22.9 Å². The fourth-order valence-corrected chi connectivity index (χ4v) is 3.65. The maximum atomic E-state index is 5.81. The van der Waals surface area contributed by atoms with Gasteiger partial charge in [-0.05, 0) is 11.5 Å². The third-order valence-electron chi connectivity index (χ3n) is 3.24. The molecule has 0 radical (unpaired) electrons. The molecule has 3 rings (SSSR count). The van der Waals surface area contributed by atoms with Gasteiger partial charge in [0, 0.05) is 30.6 Å². The monoisotopic (exact) mass is 310 g/mol. The van der Waals surface area contributed by atoms with E-state index in [0.717, 1.165) is 42.1 Å². The van der Waals surface area contributed by atoms with Crippen molar-refractivity contribution in [3.05, 3.63) is 27.4 Å². The molecule has 2 aromatic rings. The van der Waals surface area contributed by atoms with Gasteiger partial charge in [-0.15, -0.1) is 11.3 Å². The highest BCUT2D eigenvalue weighted by atomic mass is 32.1. The lowest BCUT2D eigenvalue weighted by Gasteiger charge is -2.31. The Morgan fingerprint density at radius 1 is 1.50 bits per heavy atom. The van der Waals surface area contributed by atoms with Gasteiger partial charge in [0.05, 0.1) is 13.2 Å². The van der Waals surface area contributed by atoms with Crippen molar-refractivity contribution >= 4 is 22.9 Å². The number of nitrogens with zero attached hydrogens (tertiary/aromatic N) is 4. The van der Waals surface area contributed by atoms with Crippen LogP contribution in [0.15, 0.2) is 11.6 Å². The Morgan fingerprint density at radius 3 is 3.10 bits per heavy atom. The first kappa shape index (κ1) is 14.1. The van der Waals surface area contributed by atoms with Crippen LogP contribution in [0.1, 0.15) is 41.7 Å². The van der Waals surface area contributed by atoms with Gasteiger partial charge in [-0.2, -0.15) is 4.37 Å². The molecule has 0 aromatic carbocycles. The highest BCUT2D eigenvalue weighted by Crippen LogP contribution is 2.25. The van der Waals surface area contributed by atoms with E-state index in [1.807, 2.05) is 11.6 Å². The summed E-state index contributed by atoms with van der Waals surface area (Å²) in [5, 5.41) is 4.15. The molecule has 1 atom stereocenters. The second-order valence-corrected chi connectivity index (χ2v) is 6.93. The molecule has 0 amide bonds. The molecule has 1 saturated heterocycles. The molecule has 0 N–H and O–H groups in total. The van der Waals surface area contributed by atoms with Gasteiger partial charge in [0.1, 0.15) is 21.9 Å². The summed E-state index contributed by atoms with van der Waals surface area (Å²) in [4.78, 5) is 11.3. The van der Waals surface area contributed by atoms with E-state index in [-0.39, 0.29) is 6.10 Å². The molecular weight excluding hydrogens is 292 g/mol. The van der Waals surface area contributed by atoms with E-state index in [1.165, 1.54) is 11.5 Å². The van der Waals surface area contributed by atoms with Gasteiger partial charge < -0.3 is 4.74 Å². The summed E-state index contributed by atoms with van der Waals surface area (Å²) in [6, 6.07) is 0. The summed E-state index contributed by atoms with van der Waals surface area (Å²) < 4.78 is 10.2. The van der Waals surface area contributed by atoms with Crippen LogP contribution in [0.25, 0.3) is 0 Å². The van der Waals surface area contributed by atoms with Gasteiger partial charge in [-0.25, -0.2) is 9.97 Å². The van der Waals surface area contributed by atoms with Crippen LogP contribution < -0.4 is 0 Å². The maximum absolute atomic E-state index is 5.81. The van der Waals surface area contributed by atoms with Crippen molar-refractivity contribution in [3.8, 4) is 0 Å². The minimum Gasteiger partial charge on any atom is -0.368 e. The van der Waals surface area contributed by atoms with Crippen LogP contribution in [0.4, 0.5) is 0 Å². The summed E-state index contributed by atoms with van der Waals surface area (Å²) in [7, 11) is 0. The lowest BCUT2D eigenvalue weighted by molar-refractivity contribution is -0.0330. The molecule has 20 heavy (non-hydrogen) atoms. The summed E-state index contributed by atoms with van der Waals surface area (Å²) >= 11 is 3.17. The first-order valence-electron chi connectivity index (χ1n) is 6.78. The highest BCUT2D eigenvalue weighted by Gasteiger charge is 2.24. The Morgan fingerprint density at radius 2 is 2.40 bits per heavy atom. The fraction of sp³-hybridized carbons (Fsp3) is 0.615. The highest BCUT2D eigenvalue weighted by molar-refractivity contribution is 7.09. The fourth-order valence-electron chi connectivity index (χ4n) is 2.15. The third kappa shape index (κ3) is 3.22. The van der Waals surface area contributed by atoms with Gasteiger partial charge >= 0.3 is 0 Å². The number of hydrogen-bond acceptors (Lipinski definition) is 7. The van der Waals surface area contributed by atoms with Crippen LogP contribution in [-0.2, 0) is 11.3 Å². The number of morpholine rings is 1. The topological polar surface area (TPSA) is 51.1 Å². The van der Waals surface area contributed by atoms with E-state index in [9.17, 15) is 0 Å². The Kier molecular flexibility index (Phi) is 4.40. The van der Waals surface area contributed by atoms with E-state index in [1.54, 1.807) is 11.3 Å². The number of aromatic nitrogens is 3. The predicted molar refractivity (Wildman–Crippen MR) is 80.1 cm³/mol. The van der Waals surface area contributed by atoms with Crippen LogP contribution in [0, 0.1) is 0 Å². The normalized spacial score (nSPS) is 20.6. The molecule has 2 aromatic heterocycles. The molecule has 5 nitrogen and oxygen atoms in total. The molecule has 0 saturated carbocycles. The third-order valence-corrected chi connectivity index (χ3v) is 4.81. The second kappa shape index (κ2) is 6.26. The van der Waals surface area contributed by atoms with Gasteiger partial charge in [0.2, 0.25) is 0 Å². The van der Waals surface area contributed by atoms with Crippen molar-refractivity contribution in [2.45, 2.75) is 32.4 Å². The minimum absolute atomic E-state index is 0.0984. The van der Waals surface area contributed by atoms with E-state index in [2.05, 4.69) is 33.1 Å². The van der Waals surface area contributed by atoms with Crippen LogP contribution in [-0.4, -0.2) is 38.9 Å². The van der Waals surface area contributed by atoms with Gasteiger partial charge in [-0.3, -0.25) is 4.90 Å². The molecule has 108 valence electrons. The number of thiazole rings is 1. The molecule has 7 heteroatoms. The largest absolute Gasteiger partial charge is 0.368 e. The van der Waals surface area contributed by atoms with Gasteiger partial charge in [0.25, 0.3) is 0 Å². The van der Waals surface area contributed by atoms with E-state index < -0.39 is 0 Å². The SMILES string of the molecule is CC(C)c1nsc(CN2CCOC(c3nccs3)C2)n1. The lowest BCUT2D eigenvalue weighted by atomic mass is 10.2. The van der Waals surface area contributed by atoms with Crippen molar-refractivity contribution in [3.63, 3.8) is 0 Å². The van der Waals surface area contributed by atoms with Gasteiger partial charge in [-0.1, -0.05) is 13.8 Å². The van der Waals surface area contributed by atoms with Crippen molar-refractivity contribution < 1.29 is 4.74 Å². The molecule has 0 bridgehead atoms. The average Bonchev–Trinajstić information content (AvgIpc) is 3.10. The summed E-state index contributed by atoms with van der Waals surface area (Å²) in [6.45, 7) is 7.68. The average molecular weight is 310 g/mol. The molecule has 1 aliphatic rings. The Hall–Kier alpha value is -0.890. The number of hydrogen-bond donors (Lipinski definition) is 0. The molecule has 0 spiro atoms. The first-order valence-corrected chi connectivity index (χ1v) is 8.43. The van der Waals surface area contributed by atoms with Crippen molar-refractivity contribution in [2.24, 2.45) is 0 Å². The minimum atomic E-state index is 0.0984. The van der Waals surface area contributed by atoms with Gasteiger partial charge in [0.15, 0.2) is 0 Å². The van der Waals surface area contributed by atoms with Crippen molar-refractivity contribution in [1.82, 2.24) is 19.2 Å². The number of rotatable bonds is 4. The standard InChI is InChI=1S/C13H18N4OS2/c1-9(2)12-15-11(20-16-12)8-17-4-5-18-10(7-17)13-14-3-6-19-13/h3,6,9-10H,4-5,7-8H2,1-2H3. The molecule has 1 unspecified atom stereocenters.